The van der Waals surface area contributed by atoms with Gasteiger partial charge in [0, 0.05) is 32.7 Å². The molecule has 12 nitrogen and oxygen atoms in total. The molecule has 12 heteroatoms. The highest BCUT2D eigenvalue weighted by atomic mass is 16.6. The molecule has 0 spiro atoms. The smallest absolute Gasteiger partial charge is 0.410 e. The minimum atomic E-state index is -0.539. The molecular weight excluding hydrogens is 556 g/mol. The average molecular weight is 595 g/mol. The van der Waals surface area contributed by atoms with Gasteiger partial charge < -0.3 is 34.4 Å². The number of hydrogen-bond acceptors (Lipinski definition) is 8. The highest BCUT2D eigenvalue weighted by molar-refractivity contribution is 5.85. The van der Waals surface area contributed by atoms with Crippen molar-refractivity contribution < 1.29 is 38.5 Å². The van der Waals surface area contributed by atoms with Crippen LogP contribution < -0.4 is 10.1 Å². The van der Waals surface area contributed by atoms with Crippen molar-refractivity contribution in [1.82, 2.24) is 20.0 Å². The minimum absolute atomic E-state index is 0.0943. The summed E-state index contributed by atoms with van der Waals surface area (Å²) in [5, 5.41) is 12.4. The number of aryl methyl sites for hydroxylation is 1. The number of cyclic esters (lactones) is 1. The average Bonchev–Trinajstić information content (AvgIpc) is 3.41. The van der Waals surface area contributed by atoms with Crippen molar-refractivity contribution in [3.63, 3.8) is 0 Å². The van der Waals surface area contributed by atoms with Crippen LogP contribution in [-0.2, 0) is 36.9 Å². The molecule has 6 rings (SSSR count). The van der Waals surface area contributed by atoms with Gasteiger partial charge in [-0.1, -0.05) is 24.3 Å². The van der Waals surface area contributed by atoms with E-state index in [1.165, 1.54) is 9.80 Å². The first-order chi connectivity index (χ1) is 20.9. The number of aliphatic hydroxyl groups excluding tert-OH is 1. The summed E-state index contributed by atoms with van der Waals surface area (Å²) in [6, 6.07) is 14.6. The third-order valence-corrected chi connectivity index (χ3v) is 7.84. The van der Waals surface area contributed by atoms with E-state index in [1.54, 1.807) is 4.90 Å². The largest absolute Gasteiger partial charge is 0.457 e. The van der Waals surface area contributed by atoms with Crippen LogP contribution in [0.1, 0.15) is 30.4 Å². The Balaban J connectivity index is 1.35. The van der Waals surface area contributed by atoms with Gasteiger partial charge >= 0.3 is 6.09 Å². The molecular formula is C31H38N4O8. The second-order valence-electron chi connectivity index (χ2n) is 11.0. The van der Waals surface area contributed by atoms with Gasteiger partial charge in [0.15, 0.2) is 0 Å². The van der Waals surface area contributed by atoms with Crippen LogP contribution in [0.15, 0.2) is 48.5 Å². The SMILES string of the molecule is O=C1CN(CCCO)C(=O)CCc2ccc(cc2)Oc2cccc(c2)CO[C@H]2CCN(C(=O)CN3CCOC3=O)C[C@@H]2N1. The summed E-state index contributed by atoms with van der Waals surface area (Å²) in [4.78, 5) is 55.9. The number of nitrogens with zero attached hydrogens (tertiary/aromatic N) is 3. The van der Waals surface area contributed by atoms with Crippen LogP contribution in [0.5, 0.6) is 11.5 Å². The van der Waals surface area contributed by atoms with Crippen molar-refractivity contribution in [2.75, 3.05) is 52.5 Å². The number of hydrogen-bond donors (Lipinski definition) is 2. The van der Waals surface area contributed by atoms with Crippen molar-refractivity contribution >= 4 is 23.8 Å². The van der Waals surface area contributed by atoms with Crippen LogP contribution in [0.3, 0.4) is 0 Å². The van der Waals surface area contributed by atoms with E-state index in [4.69, 9.17) is 14.2 Å². The number of rotatable bonds is 5. The standard InChI is InChI=1S/C31H38N4O8/c36-15-2-12-33-19-28(37)32-26-18-34(30(39)20-35-14-16-41-31(35)40)13-11-27(26)42-21-23-3-1-4-25(17-23)43-24-8-5-22(6-9-24)7-10-29(33)38/h1,3-6,8-9,17,26-27,36H,2,7,10-16,18-21H2,(H,32,37)/t26-,27-/m0/s1. The summed E-state index contributed by atoms with van der Waals surface area (Å²) < 4.78 is 17.3. The zero-order valence-corrected chi connectivity index (χ0v) is 24.1. The van der Waals surface area contributed by atoms with E-state index < -0.39 is 18.2 Å². The molecule has 2 fully saturated rings. The first-order valence-electron chi connectivity index (χ1n) is 14.7. The molecule has 2 N–H and O–H groups in total. The highest BCUT2D eigenvalue weighted by Crippen LogP contribution is 2.25. The fourth-order valence-electron chi connectivity index (χ4n) is 5.48. The number of aliphatic hydroxyl groups is 1. The van der Waals surface area contributed by atoms with Crippen molar-refractivity contribution in [3.05, 3.63) is 59.7 Å². The molecule has 4 heterocycles. The van der Waals surface area contributed by atoms with Crippen LogP contribution in [0.25, 0.3) is 0 Å². The van der Waals surface area contributed by atoms with Gasteiger partial charge in [0.25, 0.3) is 0 Å². The minimum Gasteiger partial charge on any atom is -0.457 e. The lowest BCUT2D eigenvalue weighted by Crippen LogP contribution is -2.59. The monoisotopic (exact) mass is 594 g/mol. The summed E-state index contributed by atoms with van der Waals surface area (Å²) in [5.41, 5.74) is 1.85. The number of likely N-dealkylation sites (tertiary alicyclic amines) is 1. The first-order valence-corrected chi connectivity index (χ1v) is 14.7. The summed E-state index contributed by atoms with van der Waals surface area (Å²) in [7, 11) is 0. The molecule has 4 aliphatic rings. The molecule has 4 bridgehead atoms. The van der Waals surface area contributed by atoms with Crippen molar-refractivity contribution in [3.8, 4) is 11.5 Å². The van der Waals surface area contributed by atoms with Crippen LogP contribution in [-0.4, -0.2) is 108 Å². The molecule has 0 aromatic heterocycles. The Labute approximate surface area is 250 Å². The molecule has 43 heavy (non-hydrogen) atoms. The van der Waals surface area contributed by atoms with Crippen LogP contribution >= 0.6 is 0 Å². The lowest BCUT2D eigenvalue weighted by molar-refractivity contribution is -0.139. The second kappa shape index (κ2) is 14.3. The third kappa shape index (κ3) is 8.23. The third-order valence-electron chi connectivity index (χ3n) is 7.84. The predicted molar refractivity (Wildman–Crippen MR) is 154 cm³/mol. The fraction of sp³-hybridized carbons (Fsp3) is 0.484. The highest BCUT2D eigenvalue weighted by Gasteiger charge is 2.35. The Morgan fingerprint density at radius 1 is 0.977 bits per heavy atom. The maximum absolute atomic E-state index is 13.3. The number of piperidine rings is 1. The van der Waals surface area contributed by atoms with E-state index in [0.717, 1.165) is 11.1 Å². The van der Waals surface area contributed by atoms with Gasteiger partial charge in [0.05, 0.1) is 31.8 Å². The van der Waals surface area contributed by atoms with Gasteiger partial charge in [0.1, 0.15) is 24.7 Å². The zero-order valence-electron chi connectivity index (χ0n) is 24.1. The van der Waals surface area contributed by atoms with E-state index in [9.17, 15) is 24.3 Å². The van der Waals surface area contributed by atoms with Crippen molar-refractivity contribution in [1.29, 1.82) is 0 Å². The fourth-order valence-corrected chi connectivity index (χ4v) is 5.48. The maximum atomic E-state index is 13.3. The lowest BCUT2D eigenvalue weighted by Gasteiger charge is -2.39. The Morgan fingerprint density at radius 2 is 1.81 bits per heavy atom. The topological polar surface area (TPSA) is 138 Å². The number of carbonyl (C=O) groups excluding carboxylic acids is 4. The molecule has 0 unspecified atom stereocenters. The summed E-state index contributed by atoms with van der Waals surface area (Å²) in [6.45, 7) is 1.34. The van der Waals surface area contributed by atoms with E-state index in [1.807, 2.05) is 48.5 Å². The molecule has 4 amide bonds. The molecule has 2 atom stereocenters. The van der Waals surface area contributed by atoms with Gasteiger partial charge in [-0.3, -0.25) is 19.3 Å². The summed E-state index contributed by atoms with van der Waals surface area (Å²) in [6.07, 6.45) is 0.604. The first kappa shape index (κ1) is 30.3. The zero-order chi connectivity index (χ0) is 30.2. The number of nitrogens with one attached hydrogen (secondary N) is 1. The van der Waals surface area contributed by atoms with Crippen LogP contribution in [0.2, 0.25) is 0 Å². The number of benzene rings is 2. The molecule has 2 aromatic carbocycles. The molecule has 0 aliphatic carbocycles. The molecule has 0 saturated carbocycles. The van der Waals surface area contributed by atoms with Crippen LogP contribution in [0, 0.1) is 0 Å². The Kier molecular flexibility index (Phi) is 10.1. The Bertz CT molecular complexity index is 1300. The molecule has 2 aromatic rings. The Hall–Kier alpha value is -4.16. The van der Waals surface area contributed by atoms with Crippen molar-refractivity contribution in [2.24, 2.45) is 0 Å². The maximum Gasteiger partial charge on any atom is 0.410 e. The molecule has 4 aliphatic heterocycles. The van der Waals surface area contributed by atoms with Gasteiger partial charge in [-0.2, -0.15) is 0 Å². The summed E-state index contributed by atoms with van der Waals surface area (Å²) >= 11 is 0. The van der Waals surface area contributed by atoms with Gasteiger partial charge in [-0.15, -0.1) is 0 Å². The van der Waals surface area contributed by atoms with Crippen molar-refractivity contribution in [2.45, 2.75) is 44.4 Å². The van der Waals surface area contributed by atoms with Gasteiger partial charge in [0.2, 0.25) is 17.7 Å². The number of amides is 4. The number of ether oxygens (including phenoxy) is 3. The normalized spacial score (nSPS) is 21.7. The van der Waals surface area contributed by atoms with E-state index >= 15 is 0 Å². The number of fused-ring (bicyclic) bond motifs is 9. The predicted octanol–water partition coefficient (Wildman–Crippen LogP) is 1.69. The summed E-state index contributed by atoms with van der Waals surface area (Å²) in [5.74, 6) is 0.527. The molecule has 230 valence electrons. The molecule has 2 saturated heterocycles. The second-order valence-corrected chi connectivity index (χ2v) is 11.0. The van der Waals surface area contributed by atoms with E-state index in [-0.39, 0.29) is 70.1 Å². The van der Waals surface area contributed by atoms with Gasteiger partial charge in [-0.25, -0.2) is 4.79 Å². The number of carbonyl (C=O) groups is 4. The molecule has 0 radical (unpaired) electrons. The van der Waals surface area contributed by atoms with E-state index in [0.29, 0.717) is 43.9 Å². The Morgan fingerprint density at radius 3 is 2.58 bits per heavy atom. The van der Waals surface area contributed by atoms with E-state index in [2.05, 4.69) is 5.32 Å². The van der Waals surface area contributed by atoms with Crippen LogP contribution in [0.4, 0.5) is 4.79 Å². The lowest BCUT2D eigenvalue weighted by atomic mass is 10.0. The van der Waals surface area contributed by atoms with Gasteiger partial charge in [-0.05, 0) is 54.7 Å². The quantitative estimate of drug-likeness (QED) is 0.534.